The van der Waals surface area contributed by atoms with Crippen LogP contribution in [0.3, 0.4) is 0 Å². The first kappa shape index (κ1) is 25.6. The fraction of sp³-hybridized carbons (Fsp3) is 0.261. The summed E-state index contributed by atoms with van der Waals surface area (Å²) in [5.41, 5.74) is 0.917. The van der Waals surface area contributed by atoms with Crippen molar-refractivity contribution < 1.29 is 37.8 Å². The molecule has 0 fully saturated rings. The third-order valence-electron chi connectivity index (χ3n) is 4.82. The van der Waals surface area contributed by atoms with Gasteiger partial charge >= 0.3 is 12.1 Å². The van der Waals surface area contributed by atoms with E-state index in [1.165, 1.54) is 12.1 Å². The molecule has 1 heterocycles. The molecule has 0 bridgehead atoms. The van der Waals surface area contributed by atoms with Crippen LogP contribution in [0.1, 0.15) is 59.1 Å². The quantitative estimate of drug-likeness (QED) is 0.543. The number of hydrogen-bond donors (Lipinski definition) is 1. The van der Waals surface area contributed by atoms with Gasteiger partial charge in [0.2, 0.25) is 5.91 Å². The molecule has 1 aliphatic rings. The molecule has 12 heteroatoms. The van der Waals surface area contributed by atoms with Crippen molar-refractivity contribution in [2.45, 2.75) is 32.8 Å². The van der Waals surface area contributed by atoms with Crippen LogP contribution in [0.25, 0.3) is 0 Å². The lowest BCUT2D eigenvalue weighted by atomic mass is 10.1. The van der Waals surface area contributed by atoms with Crippen LogP contribution in [0.5, 0.6) is 0 Å². The molecule has 0 aliphatic carbocycles. The van der Waals surface area contributed by atoms with Crippen LogP contribution < -0.4 is 4.72 Å². The molecule has 4 amide bonds. The minimum Gasteiger partial charge on any atom is -0.440 e. The summed E-state index contributed by atoms with van der Waals surface area (Å²) in [5.74, 6) is -3.56. The Morgan fingerprint density at radius 3 is 2.14 bits per heavy atom. The molecule has 0 aromatic heterocycles. The number of imide groups is 1. The molecule has 1 N–H and O–H groups in total. The SMILES string of the molecule is CC(=O)NS(=O)(CCCC(=O)ON1C(=O)c2ccccc2C1=O)=NC(=O)O[C@@H](C)c1ccccc1. The molecular weight excluding hydrogens is 478 g/mol. The van der Waals surface area contributed by atoms with E-state index in [1.54, 1.807) is 49.4 Å². The second-order valence-corrected chi connectivity index (χ2v) is 9.62. The average molecular weight is 502 g/mol. The first-order valence-corrected chi connectivity index (χ1v) is 12.3. The Morgan fingerprint density at radius 1 is 1.00 bits per heavy atom. The van der Waals surface area contributed by atoms with E-state index in [-0.39, 0.29) is 29.7 Å². The Kier molecular flexibility index (Phi) is 7.97. The number of amides is 4. The number of carbonyl (C=O) groups excluding carboxylic acids is 5. The maximum atomic E-state index is 13.0. The van der Waals surface area contributed by atoms with Gasteiger partial charge in [-0.25, -0.2) is 13.8 Å². The van der Waals surface area contributed by atoms with Crippen molar-refractivity contribution in [3.63, 3.8) is 0 Å². The van der Waals surface area contributed by atoms with E-state index in [4.69, 9.17) is 9.57 Å². The van der Waals surface area contributed by atoms with Gasteiger partial charge in [-0.2, -0.15) is 0 Å². The van der Waals surface area contributed by atoms with Gasteiger partial charge in [0.1, 0.15) is 16.0 Å². The smallest absolute Gasteiger partial charge is 0.440 e. The third kappa shape index (κ3) is 6.51. The Balaban J connectivity index is 1.59. The minimum atomic E-state index is -3.61. The zero-order valence-electron chi connectivity index (χ0n) is 19.0. The number of rotatable bonds is 8. The van der Waals surface area contributed by atoms with Crippen LogP contribution >= 0.6 is 0 Å². The fourth-order valence-corrected chi connectivity index (χ4v) is 4.75. The van der Waals surface area contributed by atoms with Crippen molar-refractivity contribution in [2.24, 2.45) is 4.36 Å². The van der Waals surface area contributed by atoms with Gasteiger partial charge in [0, 0.05) is 13.3 Å². The van der Waals surface area contributed by atoms with E-state index < -0.39 is 45.8 Å². The van der Waals surface area contributed by atoms with Gasteiger partial charge in [-0.15, -0.1) is 4.36 Å². The normalized spacial score (nSPS) is 15.0. The highest BCUT2D eigenvalue weighted by atomic mass is 32.2. The van der Waals surface area contributed by atoms with Crippen LogP contribution in [-0.4, -0.2) is 44.8 Å². The number of hydroxylamine groups is 2. The highest BCUT2D eigenvalue weighted by Gasteiger charge is 2.38. The number of ether oxygens (including phenoxy) is 1. The molecule has 0 spiro atoms. The second kappa shape index (κ2) is 10.9. The van der Waals surface area contributed by atoms with Crippen molar-refractivity contribution in [1.82, 2.24) is 9.79 Å². The minimum absolute atomic E-state index is 0.112. The van der Waals surface area contributed by atoms with Crippen molar-refractivity contribution in [3.8, 4) is 0 Å². The summed E-state index contributed by atoms with van der Waals surface area (Å²) in [6.07, 6.45) is -2.32. The average Bonchev–Trinajstić information content (AvgIpc) is 3.04. The monoisotopic (exact) mass is 501 g/mol. The zero-order chi connectivity index (χ0) is 25.6. The first-order valence-electron chi connectivity index (χ1n) is 10.6. The molecule has 0 saturated heterocycles. The van der Waals surface area contributed by atoms with Crippen LogP contribution in [0.4, 0.5) is 4.79 Å². The Labute approximate surface area is 201 Å². The molecule has 35 heavy (non-hydrogen) atoms. The first-order chi connectivity index (χ1) is 16.6. The largest absolute Gasteiger partial charge is 0.443 e. The number of nitrogens with zero attached hydrogens (tertiary/aromatic N) is 2. The predicted molar refractivity (Wildman–Crippen MR) is 123 cm³/mol. The fourth-order valence-electron chi connectivity index (χ4n) is 3.24. The Morgan fingerprint density at radius 2 is 1.57 bits per heavy atom. The van der Waals surface area contributed by atoms with Gasteiger partial charge in [-0.05, 0) is 31.0 Å². The van der Waals surface area contributed by atoms with Crippen LogP contribution in [-0.2, 0) is 29.1 Å². The van der Waals surface area contributed by atoms with E-state index in [1.807, 2.05) is 0 Å². The molecular formula is C23H23N3O8S. The van der Waals surface area contributed by atoms with Gasteiger partial charge in [-0.3, -0.25) is 19.1 Å². The van der Waals surface area contributed by atoms with Crippen molar-refractivity contribution >= 4 is 39.7 Å². The molecule has 0 radical (unpaired) electrons. The molecule has 1 unspecified atom stereocenters. The van der Waals surface area contributed by atoms with E-state index >= 15 is 0 Å². The topological polar surface area (TPSA) is 149 Å². The molecule has 3 rings (SSSR count). The number of carbonyl (C=O) groups is 5. The Bertz CT molecular complexity index is 1250. The van der Waals surface area contributed by atoms with E-state index in [0.717, 1.165) is 6.92 Å². The summed E-state index contributed by atoms with van der Waals surface area (Å²) in [5, 5.41) is 0.366. The lowest BCUT2D eigenvalue weighted by Crippen LogP contribution is -2.33. The Hall–Kier alpha value is -4.06. The highest BCUT2D eigenvalue weighted by molar-refractivity contribution is 7.92. The number of hydrogen-bond acceptors (Lipinski definition) is 8. The van der Waals surface area contributed by atoms with Gasteiger partial charge in [0.05, 0.1) is 16.9 Å². The van der Waals surface area contributed by atoms with Crippen molar-refractivity contribution in [3.05, 3.63) is 71.3 Å². The van der Waals surface area contributed by atoms with Gasteiger partial charge in [-0.1, -0.05) is 47.5 Å². The molecule has 2 atom stereocenters. The molecule has 2 aromatic carbocycles. The van der Waals surface area contributed by atoms with Crippen LogP contribution in [0.2, 0.25) is 0 Å². The van der Waals surface area contributed by atoms with Gasteiger partial charge in [0.15, 0.2) is 0 Å². The summed E-state index contributed by atoms with van der Waals surface area (Å²) in [6, 6.07) is 14.8. The molecule has 0 saturated carbocycles. The summed E-state index contributed by atoms with van der Waals surface area (Å²) >= 11 is 0. The van der Waals surface area contributed by atoms with Gasteiger partial charge < -0.3 is 9.57 Å². The maximum absolute atomic E-state index is 13.0. The van der Waals surface area contributed by atoms with Crippen molar-refractivity contribution in [1.29, 1.82) is 0 Å². The number of fused-ring (bicyclic) bond motifs is 1. The lowest BCUT2D eigenvalue weighted by molar-refractivity contribution is -0.168. The number of nitrogens with one attached hydrogen (secondary N) is 1. The standard InChI is InChI=1S/C23H23N3O8S/c1-15(17-9-4-3-5-10-17)33-23(31)25-35(32,24-16(2)27)14-8-13-20(28)34-26-21(29)18-11-6-7-12-19(18)22(26)30/h3-7,9-12,15H,8,13-14H2,1-2H3,(H,24,25,27,31,32)/t15-,35?/m0/s1. The summed E-state index contributed by atoms with van der Waals surface area (Å²) in [6.45, 7) is 2.71. The number of benzene rings is 2. The summed E-state index contributed by atoms with van der Waals surface area (Å²) in [7, 11) is -3.61. The second-order valence-electron chi connectivity index (χ2n) is 7.55. The van der Waals surface area contributed by atoms with E-state index in [9.17, 15) is 28.2 Å². The zero-order valence-corrected chi connectivity index (χ0v) is 19.8. The van der Waals surface area contributed by atoms with Crippen LogP contribution in [0, 0.1) is 0 Å². The lowest BCUT2D eigenvalue weighted by Gasteiger charge is -2.14. The molecule has 11 nitrogen and oxygen atoms in total. The molecule has 2 aromatic rings. The van der Waals surface area contributed by atoms with E-state index in [2.05, 4.69) is 9.08 Å². The van der Waals surface area contributed by atoms with Gasteiger partial charge in [0.25, 0.3) is 11.8 Å². The summed E-state index contributed by atoms with van der Waals surface area (Å²) in [4.78, 5) is 65.4. The predicted octanol–water partition coefficient (Wildman–Crippen LogP) is 2.94. The highest BCUT2D eigenvalue weighted by Crippen LogP contribution is 2.23. The maximum Gasteiger partial charge on any atom is 0.443 e. The third-order valence-corrected chi connectivity index (χ3v) is 6.72. The van der Waals surface area contributed by atoms with Crippen LogP contribution in [0.15, 0.2) is 59.0 Å². The van der Waals surface area contributed by atoms with E-state index in [0.29, 0.717) is 10.6 Å². The molecule has 1 aliphatic heterocycles. The van der Waals surface area contributed by atoms with Crippen molar-refractivity contribution in [2.75, 3.05) is 5.75 Å². The summed E-state index contributed by atoms with van der Waals surface area (Å²) < 4.78 is 23.9. The molecule has 184 valence electrons.